The highest BCUT2D eigenvalue weighted by atomic mass is 16.5. The van der Waals surface area contributed by atoms with Gasteiger partial charge in [-0.15, -0.1) is 0 Å². The molecular formula is C22H30N4O2. The van der Waals surface area contributed by atoms with E-state index in [9.17, 15) is 4.79 Å². The molecule has 28 heavy (non-hydrogen) atoms. The highest BCUT2D eigenvalue weighted by Crippen LogP contribution is 2.20. The van der Waals surface area contributed by atoms with Gasteiger partial charge in [-0.2, -0.15) is 0 Å². The van der Waals surface area contributed by atoms with Gasteiger partial charge in [0.15, 0.2) is 5.96 Å². The van der Waals surface area contributed by atoms with Gasteiger partial charge in [0, 0.05) is 31.6 Å². The SMILES string of the molecule is CCNC(=NCc1ccc(C)cc1OC)NCCC(=O)NCc1ccccc1. The van der Waals surface area contributed by atoms with Gasteiger partial charge < -0.3 is 20.7 Å². The number of methoxy groups -OCH3 is 1. The maximum atomic E-state index is 12.0. The van der Waals surface area contributed by atoms with Gasteiger partial charge in [0.25, 0.3) is 0 Å². The molecule has 150 valence electrons. The van der Waals surface area contributed by atoms with E-state index in [2.05, 4.69) is 20.9 Å². The summed E-state index contributed by atoms with van der Waals surface area (Å²) in [7, 11) is 1.67. The van der Waals surface area contributed by atoms with Crippen molar-refractivity contribution in [2.24, 2.45) is 4.99 Å². The van der Waals surface area contributed by atoms with E-state index in [1.807, 2.05) is 62.4 Å². The van der Waals surface area contributed by atoms with Crippen LogP contribution in [0.3, 0.4) is 0 Å². The van der Waals surface area contributed by atoms with E-state index in [1.54, 1.807) is 7.11 Å². The quantitative estimate of drug-likeness (QED) is 0.461. The molecule has 6 nitrogen and oxygen atoms in total. The molecule has 0 bridgehead atoms. The first kappa shape index (κ1) is 21.3. The second-order valence-electron chi connectivity index (χ2n) is 6.45. The Morgan fingerprint density at radius 1 is 1.07 bits per heavy atom. The number of carbonyl (C=O) groups excluding carboxylic acids is 1. The van der Waals surface area contributed by atoms with Gasteiger partial charge in [-0.05, 0) is 31.0 Å². The molecule has 0 atom stereocenters. The molecule has 2 aromatic rings. The fourth-order valence-corrected chi connectivity index (χ4v) is 2.67. The molecule has 0 heterocycles. The fourth-order valence-electron chi connectivity index (χ4n) is 2.67. The summed E-state index contributed by atoms with van der Waals surface area (Å²) in [6.07, 6.45) is 0.380. The van der Waals surface area contributed by atoms with Crippen molar-refractivity contribution in [3.05, 3.63) is 65.2 Å². The molecule has 0 aliphatic carbocycles. The van der Waals surface area contributed by atoms with E-state index in [-0.39, 0.29) is 5.91 Å². The molecule has 0 saturated heterocycles. The minimum absolute atomic E-state index is 0.00686. The second kappa shape index (κ2) is 11.6. The topological polar surface area (TPSA) is 74.8 Å². The van der Waals surface area contributed by atoms with Crippen molar-refractivity contribution in [1.82, 2.24) is 16.0 Å². The lowest BCUT2D eigenvalue weighted by molar-refractivity contribution is -0.121. The van der Waals surface area contributed by atoms with Crippen molar-refractivity contribution < 1.29 is 9.53 Å². The van der Waals surface area contributed by atoms with Crippen LogP contribution in [-0.2, 0) is 17.9 Å². The predicted octanol–water partition coefficient (Wildman–Crippen LogP) is 2.77. The summed E-state index contributed by atoms with van der Waals surface area (Å²) in [4.78, 5) is 16.6. The van der Waals surface area contributed by atoms with Gasteiger partial charge in [-0.1, -0.05) is 42.5 Å². The van der Waals surface area contributed by atoms with E-state index >= 15 is 0 Å². The number of rotatable bonds is 9. The number of hydrogen-bond donors (Lipinski definition) is 3. The van der Waals surface area contributed by atoms with Gasteiger partial charge in [-0.3, -0.25) is 4.79 Å². The van der Waals surface area contributed by atoms with Crippen LogP contribution in [0.5, 0.6) is 5.75 Å². The molecule has 2 aromatic carbocycles. The summed E-state index contributed by atoms with van der Waals surface area (Å²) in [5.74, 6) is 1.52. The maximum absolute atomic E-state index is 12.0. The Morgan fingerprint density at radius 2 is 1.86 bits per heavy atom. The number of aryl methyl sites for hydroxylation is 1. The molecular weight excluding hydrogens is 352 g/mol. The van der Waals surface area contributed by atoms with Crippen LogP contribution in [-0.4, -0.2) is 32.1 Å². The number of ether oxygens (including phenoxy) is 1. The van der Waals surface area contributed by atoms with Crippen LogP contribution in [0, 0.1) is 6.92 Å². The number of aliphatic imine (C=N–C) groups is 1. The monoisotopic (exact) mass is 382 g/mol. The third kappa shape index (κ3) is 7.31. The summed E-state index contributed by atoms with van der Waals surface area (Å²) in [6, 6.07) is 16.0. The molecule has 0 radical (unpaired) electrons. The molecule has 0 aliphatic rings. The summed E-state index contributed by atoms with van der Waals surface area (Å²) < 4.78 is 5.43. The molecule has 0 saturated carbocycles. The number of guanidine groups is 1. The molecule has 0 aromatic heterocycles. The van der Waals surface area contributed by atoms with Gasteiger partial charge in [0.05, 0.1) is 13.7 Å². The Kier molecular flexibility index (Phi) is 8.85. The van der Waals surface area contributed by atoms with Crippen molar-refractivity contribution in [2.45, 2.75) is 33.4 Å². The number of nitrogens with one attached hydrogen (secondary N) is 3. The summed E-state index contributed by atoms with van der Waals surface area (Å²) >= 11 is 0. The number of amides is 1. The Hall–Kier alpha value is -3.02. The smallest absolute Gasteiger partial charge is 0.222 e. The van der Waals surface area contributed by atoms with Crippen molar-refractivity contribution in [3.8, 4) is 5.75 Å². The standard InChI is InChI=1S/C22H30N4O2/c1-4-23-22(26-16-19-11-10-17(2)14-20(19)28-3)24-13-12-21(27)25-15-18-8-6-5-7-9-18/h5-11,14H,4,12-13,15-16H2,1-3H3,(H,25,27)(H2,23,24,26). The van der Waals surface area contributed by atoms with Crippen LogP contribution in [0.2, 0.25) is 0 Å². The Bertz CT molecular complexity index is 775. The molecule has 6 heteroatoms. The number of benzene rings is 2. The lowest BCUT2D eigenvalue weighted by atomic mass is 10.1. The number of carbonyl (C=O) groups is 1. The van der Waals surface area contributed by atoms with Crippen molar-refractivity contribution in [2.75, 3.05) is 20.2 Å². The van der Waals surface area contributed by atoms with Gasteiger partial charge in [0.1, 0.15) is 5.75 Å². The van der Waals surface area contributed by atoms with E-state index in [1.165, 1.54) is 0 Å². The number of nitrogens with zero attached hydrogens (tertiary/aromatic N) is 1. The lowest BCUT2D eigenvalue weighted by Crippen LogP contribution is -2.39. The van der Waals surface area contributed by atoms with Crippen LogP contribution in [0.1, 0.15) is 30.0 Å². The first-order valence-corrected chi connectivity index (χ1v) is 9.58. The van der Waals surface area contributed by atoms with Crippen LogP contribution in [0.4, 0.5) is 0 Å². The highest BCUT2D eigenvalue weighted by Gasteiger charge is 2.05. The van der Waals surface area contributed by atoms with Gasteiger partial charge in [-0.25, -0.2) is 4.99 Å². The minimum atomic E-state index is 0.00686. The highest BCUT2D eigenvalue weighted by molar-refractivity contribution is 5.81. The zero-order valence-corrected chi connectivity index (χ0v) is 16.9. The second-order valence-corrected chi connectivity index (χ2v) is 6.45. The largest absolute Gasteiger partial charge is 0.496 e. The van der Waals surface area contributed by atoms with Gasteiger partial charge >= 0.3 is 0 Å². The molecule has 0 spiro atoms. The first-order valence-electron chi connectivity index (χ1n) is 9.58. The molecule has 3 N–H and O–H groups in total. The Balaban J connectivity index is 1.81. The minimum Gasteiger partial charge on any atom is -0.496 e. The molecule has 2 rings (SSSR count). The van der Waals surface area contributed by atoms with E-state index < -0.39 is 0 Å². The third-order valence-corrected chi connectivity index (χ3v) is 4.17. The Labute approximate surface area is 167 Å². The van der Waals surface area contributed by atoms with Crippen molar-refractivity contribution in [3.63, 3.8) is 0 Å². The maximum Gasteiger partial charge on any atom is 0.222 e. The molecule has 0 unspecified atom stereocenters. The lowest BCUT2D eigenvalue weighted by Gasteiger charge is -2.12. The van der Waals surface area contributed by atoms with Crippen molar-refractivity contribution in [1.29, 1.82) is 0 Å². The average molecular weight is 383 g/mol. The van der Waals surface area contributed by atoms with Gasteiger partial charge in [0.2, 0.25) is 5.91 Å². The average Bonchev–Trinajstić information content (AvgIpc) is 2.71. The van der Waals surface area contributed by atoms with E-state index in [4.69, 9.17) is 4.74 Å². The van der Waals surface area contributed by atoms with Crippen LogP contribution >= 0.6 is 0 Å². The molecule has 0 aliphatic heterocycles. The van der Waals surface area contributed by atoms with Crippen LogP contribution in [0.15, 0.2) is 53.5 Å². The predicted molar refractivity (Wildman–Crippen MR) is 113 cm³/mol. The zero-order chi connectivity index (χ0) is 20.2. The first-order chi connectivity index (χ1) is 13.6. The third-order valence-electron chi connectivity index (χ3n) is 4.17. The van der Waals surface area contributed by atoms with E-state index in [0.29, 0.717) is 32.0 Å². The fraction of sp³-hybridized carbons (Fsp3) is 0.364. The molecule has 1 amide bonds. The van der Waals surface area contributed by atoms with Crippen molar-refractivity contribution >= 4 is 11.9 Å². The molecule has 0 fully saturated rings. The van der Waals surface area contributed by atoms with Crippen LogP contribution in [0.25, 0.3) is 0 Å². The van der Waals surface area contributed by atoms with E-state index in [0.717, 1.165) is 29.0 Å². The summed E-state index contributed by atoms with van der Waals surface area (Å²) in [5, 5.41) is 9.33. The number of hydrogen-bond acceptors (Lipinski definition) is 3. The van der Waals surface area contributed by atoms with Crippen LogP contribution < -0.4 is 20.7 Å². The summed E-state index contributed by atoms with van der Waals surface area (Å²) in [5.41, 5.74) is 3.26. The zero-order valence-electron chi connectivity index (χ0n) is 16.9. The Morgan fingerprint density at radius 3 is 2.57 bits per heavy atom. The summed E-state index contributed by atoms with van der Waals surface area (Å²) in [6.45, 7) is 6.34. The normalized spacial score (nSPS) is 11.0.